The molecule has 8 bridgehead atoms. The molecule has 6 aliphatic rings. The summed E-state index contributed by atoms with van der Waals surface area (Å²) in [5, 5.41) is 0. The lowest BCUT2D eigenvalue weighted by atomic mass is 9.50. The van der Waals surface area contributed by atoms with Gasteiger partial charge < -0.3 is 0 Å². The first-order valence-corrected chi connectivity index (χ1v) is 14.4. The van der Waals surface area contributed by atoms with Crippen molar-refractivity contribution in [2.75, 3.05) is 0 Å². The third kappa shape index (κ3) is 2.79. The molecule has 0 saturated heterocycles. The standard InChI is InChI=1S/C30H50B/c1-27(2)13-7-15-29(5)21-11-9-19(25(21)27)23(29)17-31-18-24-20-10-12-22-26(20)28(3,4)14-8-16-30(22,24)6/h19-26H,7-18H2,1-6H3. The van der Waals surface area contributed by atoms with Crippen molar-refractivity contribution in [2.45, 2.75) is 118 Å². The molecule has 0 amide bonds. The van der Waals surface area contributed by atoms with Crippen molar-refractivity contribution >= 4 is 7.28 Å². The van der Waals surface area contributed by atoms with E-state index in [1.165, 1.54) is 51.2 Å². The van der Waals surface area contributed by atoms with Crippen molar-refractivity contribution in [1.29, 1.82) is 0 Å². The first-order chi connectivity index (χ1) is 14.6. The van der Waals surface area contributed by atoms with Gasteiger partial charge in [0.2, 0.25) is 0 Å². The third-order valence-electron chi connectivity index (χ3n) is 13.6. The van der Waals surface area contributed by atoms with Gasteiger partial charge in [-0.3, -0.25) is 0 Å². The lowest BCUT2D eigenvalue weighted by Crippen LogP contribution is -2.36. The van der Waals surface area contributed by atoms with Gasteiger partial charge in [0.25, 0.3) is 0 Å². The van der Waals surface area contributed by atoms with Crippen LogP contribution in [-0.2, 0) is 0 Å². The number of hydrogen-bond donors (Lipinski definition) is 0. The summed E-state index contributed by atoms with van der Waals surface area (Å²) in [6.07, 6.45) is 18.1. The molecule has 0 heterocycles. The van der Waals surface area contributed by atoms with Gasteiger partial charge in [0.05, 0.1) is 0 Å². The summed E-state index contributed by atoms with van der Waals surface area (Å²) >= 11 is 0. The van der Waals surface area contributed by atoms with Gasteiger partial charge in [0.1, 0.15) is 7.28 Å². The monoisotopic (exact) mass is 421 g/mol. The van der Waals surface area contributed by atoms with E-state index in [0.717, 1.165) is 47.3 Å². The largest absolute Gasteiger partial charge is 0.110 e. The first-order valence-electron chi connectivity index (χ1n) is 14.4. The highest BCUT2D eigenvalue weighted by Gasteiger charge is 2.66. The highest BCUT2D eigenvalue weighted by molar-refractivity contribution is 6.35. The molecule has 6 rings (SSSR count). The van der Waals surface area contributed by atoms with Crippen molar-refractivity contribution in [3.63, 3.8) is 0 Å². The summed E-state index contributed by atoms with van der Waals surface area (Å²) in [4.78, 5) is 0. The summed E-state index contributed by atoms with van der Waals surface area (Å²) in [5.74, 6) is 8.22. The zero-order valence-electron chi connectivity index (χ0n) is 21.7. The van der Waals surface area contributed by atoms with Gasteiger partial charge in [-0.05, 0) is 120 Å². The zero-order chi connectivity index (χ0) is 21.8. The number of rotatable bonds is 4. The Morgan fingerprint density at radius 2 is 1.00 bits per heavy atom. The molecule has 0 aromatic carbocycles. The maximum atomic E-state index is 2.88. The maximum Gasteiger partial charge on any atom is 0.110 e. The molecular weight excluding hydrogens is 371 g/mol. The van der Waals surface area contributed by atoms with Crippen molar-refractivity contribution in [3.05, 3.63) is 0 Å². The van der Waals surface area contributed by atoms with Crippen LogP contribution in [0.4, 0.5) is 0 Å². The second kappa shape index (κ2) is 6.81. The first kappa shape index (κ1) is 21.6. The van der Waals surface area contributed by atoms with Crippen LogP contribution in [0.25, 0.3) is 0 Å². The molecule has 0 N–H and O–H groups in total. The minimum absolute atomic E-state index is 0.595. The summed E-state index contributed by atoms with van der Waals surface area (Å²) < 4.78 is 0. The highest BCUT2D eigenvalue weighted by Crippen LogP contribution is 2.73. The molecule has 6 saturated carbocycles. The lowest BCUT2D eigenvalue weighted by Gasteiger charge is -2.44. The van der Waals surface area contributed by atoms with E-state index in [9.17, 15) is 0 Å². The molecule has 0 spiro atoms. The molecule has 10 atom stereocenters. The predicted molar refractivity (Wildman–Crippen MR) is 133 cm³/mol. The van der Waals surface area contributed by atoms with Gasteiger partial charge in [-0.15, -0.1) is 0 Å². The van der Waals surface area contributed by atoms with Crippen molar-refractivity contribution in [2.24, 2.45) is 69.0 Å². The Kier molecular flexibility index (Phi) is 4.74. The second-order valence-corrected chi connectivity index (χ2v) is 15.4. The van der Waals surface area contributed by atoms with Gasteiger partial charge in [-0.25, -0.2) is 0 Å². The molecule has 6 fully saturated rings. The maximum absolute atomic E-state index is 2.88. The zero-order valence-corrected chi connectivity index (χ0v) is 21.7. The third-order valence-corrected chi connectivity index (χ3v) is 13.6. The van der Waals surface area contributed by atoms with E-state index in [1.54, 1.807) is 25.7 Å². The van der Waals surface area contributed by atoms with E-state index in [-0.39, 0.29) is 0 Å². The molecule has 1 heteroatoms. The molecule has 173 valence electrons. The summed E-state index contributed by atoms with van der Waals surface area (Å²) in [6.45, 7) is 16.0. The van der Waals surface area contributed by atoms with E-state index in [4.69, 9.17) is 0 Å². The van der Waals surface area contributed by atoms with E-state index in [0.29, 0.717) is 21.7 Å². The molecular formula is C30H50B. The molecule has 0 aromatic heterocycles. The quantitative estimate of drug-likeness (QED) is 0.399. The fourth-order valence-corrected chi connectivity index (χ4v) is 12.5. The van der Waals surface area contributed by atoms with Crippen LogP contribution in [0.5, 0.6) is 0 Å². The molecule has 0 nitrogen and oxygen atoms in total. The Labute approximate surface area is 194 Å². The van der Waals surface area contributed by atoms with Crippen LogP contribution in [0.3, 0.4) is 0 Å². The highest BCUT2D eigenvalue weighted by atomic mass is 14.7. The lowest BCUT2D eigenvalue weighted by molar-refractivity contribution is 0.0939. The Bertz CT molecular complexity index is 662. The van der Waals surface area contributed by atoms with Gasteiger partial charge in [-0.1, -0.05) is 67.0 Å². The van der Waals surface area contributed by atoms with Crippen LogP contribution in [0.15, 0.2) is 0 Å². The fraction of sp³-hybridized carbons (Fsp3) is 1.00. The van der Waals surface area contributed by atoms with Gasteiger partial charge >= 0.3 is 0 Å². The minimum atomic E-state index is 0.595. The van der Waals surface area contributed by atoms with E-state index in [2.05, 4.69) is 48.8 Å². The summed E-state index contributed by atoms with van der Waals surface area (Å²) in [5.41, 5.74) is 2.51. The molecule has 6 aliphatic carbocycles. The van der Waals surface area contributed by atoms with Crippen LogP contribution in [-0.4, -0.2) is 7.28 Å². The SMILES string of the molecule is CC1(C)CCCC2(C)C(C[B]CC3C4CCC5C4C(C)(C)CCCC35C)C3CCC2C31. The number of hydrogen-bond acceptors (Lipinski definition) is 0. The van der Waals surface area contributed by atoms with Crippen LogP contribution in [0.1, 0.15) is 106 Å². The van der Waals surface area contributed by atoms with Crippen LogP contribution < -0.4 is 0 Å². The summed E-state index contributed by atoms with van der Waals surface area (Å²) in [7, 11) is 2.88. The molecule has 0 aromatic rings. The van der Waals surface area contributed by atoms with Crippen LogP contribution in [0.2, 0.25) is 12.6 Å². The van der Waals surface area contributed by atoms with Gasteiger partial charge in [0, 0.05) is 0 Å². The topological polar surface area (TPSA) is 0 Å². The van der Waals surface area contributed by atoms with Crippen molar-refractivity contribution in [3.8, 4) is 0 Å². The fourth-order valence-electron chi connectivity index (χ4n) is 12.5. The van der Waals surface area contributed by atoms with Gasteiger partial charge in [-0.2, -0.15) is 0 Å². The smallest absolute Gasteiger partial charge is 0.0767 e. The Hall–Kier alpha value is 0.0649. The minimum Gasteiger partial charge on any atom is -0.0767 e. The predicted octanol–water partition coefficient (Wildman–Crippen LogP) is 8.50. The normalized spacial score (nSPS) is 55.8. The Morgan fingerprint density at radius 1 is 0.581 bits per heavy atom. The van der Waals surface area contributed by atoms with Crippen molar-refractivity contribution < 1.29 is 0 Å². The Morgan fingerprint density at radius 3 is 1.42 bits per heavy atom. The average molecular weight is 422 g/mol. The Balaban J connectivity index is 1.18. The summed E-state index contributed by atoms with van der Waals surface area (Å²) in [6, 6.07) is 0. The van der Waals surface area contributed by atoms with Crippen molar-refractivity contribution in [1.82, 2.24) is 0 Å². The van der Waals surface area contributed by atoms with Gasteiger partial charge in [0.15, 0.2) is 0 Å². The van der Waals surface area contributed by atoms with Crippen LogP contribution >= 0.6 is 0 Å². The molecule has 0 aliphatic heterocycles. The molecule has 1 radical (unpaired) electrons. The molecule has 10 unspecified atom stereocenters. The van der Waals surface area contributed by atoms with Crippen LogP contribution in [0, 0.1) is 69.0 Å². The average Bonchev–Trinajstić information content (AvgIpc) is 3.37. The van der Waals surface area contributed by atoms with E-state index >= 15 is 0 Å². The van der Waals surface area contributed by atoms with E-state index < -0.39 is 0 Å². The molecule has 31 heavy (non-hydrogen) atoms. The van der Waals surface area contributed by atoms with E-state index in [1.807, 2.05) is 0 Å². The second-order valence-electron chi connectivity index (χ2n) is 15.4.